The molecule has 27 heavy (non-hydrogen) atoms. The van der Waals surface area contributed by atoms with E-state index in [9.17, 15) is 13.2 Å². The number of benzene rings is 2. The standard InChI is InChI=1S/C19H21N3O4S/c1-26-16-3-5-17(6-4-16)27(24,25)22-10-8-21(9-11-22)15-2-7-18-14(12-15)13-19(23)20-18/h2-7,12H,8-11,13H2,1H3,(H,20,23). The number of methoxy groups -OCH3 is 1. The summed E-state index contributed by atoms with van der Waals surface area (Å²) in [5.41, 5.74) is 2.88. The van der Waals surface area contributed by atoms with Crippen molar-refractivity contribution in [3.63, 3.8) is 0 Å². The minimum absolute atomic E-state index is 0.0116. The Morgan fingerprint density at radius 3 is 2.37 bits per heavy atom. The average Bonchev–Trinajstić information content (AvgIpc) is 3.07. The molecule has 0 aromatic heterocycles. The molecule has 1 fully saturated rings. The van der Waals surface area contributed by atoms with Crippen LogP contribution in [0.15, 0.2) is 47.4 Å². The second-order valence-electron chi connectivity index (χ2n) is 6.63. The summed E-state index contributed by atoms with van der Waals surface area (Å²) >= 11 is 0. The molecule has 1 amide bonds. The molecule has 0 unspecified atom stereocenters. The van der Waals surface area contributed by atoms with Crippen LogP contribution in [0.4, 0.5) is 11.4 Å². The van der Waals surface area contributed by atoms with Crippen molar-refractivity contribution in [3.8, 4) is 5.75 Å². The summed E-state index contributed by atoms with van der Waals surface area (Å²) in [6.45, 7) is 2.05. The number of rotatable bonds is 4. The van der Waals surface area contributed by atoms with Gasteiger partial charge in [-0.3, -0.25) is 4.79 Å². The minimum atomic E-state index is -3.51. The Kier molecular flexibility index (Phi) is 4.53. The molecular weight excluding hydrogens is 366 g/mol. The van der Waals surface area contributed by atoms with E-state index in [4.69, 9.17) is 4.74 Å². The van der Waals surface area contributed by atoms with Gasteiger partial charge in [0.2, 0.25) is 15.9 Å². The summed E-state index contributed by atoms with van der Waals surface area (Å²) in [7, 11) is -1.96. The van der Waals surface area contributed by atoms with Gasteiger partial charge in [0.15, 0.2) is 0 Å². The first-order valence-corrected chi connectivity index (χ1v) is 10.2. The maximum atomic E-state index is 12.8. The van der Waals surface area contributed by atoms with Crippen molar-refractivity contribution in [2.75, 3.05) is 43.5 Å². The van der Waals surface area contributed by atoms with E-state index in [1.165, 1.54) is 4.31 Å². The third-order valence-electron chi connectivity index (χ3n) is 5.01. The van der Waals surface area contributed by atoms with Crippen LogP contribution in [0.1, 0.15) is 5.56 Å². The fourth-order valence-corrected chi connectivity index (χ4v) is 4.92. The molecule has 8 heteroatoms. The first-order valence-electron chi connectivity index (χ1n) is 8.79. The van der Waals surface area contributed by atoms with E-state index in [1.54, 1.807) is 31.4 Å². The Morgan fingerprint density at radius 1 is 1.00 bits per heavy atom. The predicted octanol–water partition coefficient (Wildman–Crippen LogP) is 1.70. The lowest BCUT2D eigenvalue weighted by Gasteiger charge is -2.35. The highest BCUT2D eigenvalue weighted by Crippen LogP contribution is 2.29. The third kappa shape index (κ3) is 3.38. The molecule has 2 aromatic rings. The molecule has 1 N–H and O–H groups in total. The number of nitrogens with one attached hydrogen (secondary N) is 1. The van der Waals surface area contributed by atoms with Gasteiger partial charge in [-0.2, -0.15) is 4.31 Å². The Hall–Kier alpha value is -2.58. The summed E-state index contributed by atoms with van der Waals surface area (Å²) in [6.07, 6.45) is 0.398. The number of hydrogen-bond acceptors (Lipinski definition) is 5. The van der Waals surface area contributed by atoms with Crippen molar-refractivity contribution in [2.45, 2.75) is 11.3 Å². The Balaban J connectivity index is 1.45. The first-order chi connectivity index (χ1) is 13.0. The van der Waals surface area contributed by atoms with E-state index >= 15 is 0 Å². The van der Waals surface area contributed by atoms with Crippen LogP contribution in [0.5, 0.6) is 5.75 Å². The van der Waals surface area contributed by atoms with Gasteiger partial charge in [0.05, 0.1) is 18.4 Å². The molecule has 2 aliphatic rings. The van der Waals surface area contributed by atoms with Crippen molar-refractivity contribution >= 4 is 27.3 Å². The zero-order valence-electron chi connectivity index (χ0n) is 15.0. The van der Waals surface area contributed by atoms with Crippen molar-refractivity contribution in [2.24, 2.45) is 0 Å². The molecule has 2 aromatic carbocycles. The van der Waals surface area contributed by atoms with E-state index in [1.807, 2.05) is 18.2 Å². The lowest BCUT2D eigenvalue weighted by atomic mass is 10.1. The number of hydrogen-bond donors (Lipinski definition) is 1. The molecule has 0 saturated carbocycles. The van der Waals surface area contributed by atoms with Crippen LogP contribution in [-0.4, -0.2) is 51.9 Å². The van der Waals surface area contributed by atoms with Crippen LogP contribution in [0.2, 0.25) is 0 Å². The second kappa shape index (κ2) is 6.86. The van der Waals surface area contributed by atoms with Crippen LogP contribution in [0, 0.1) is 0 Å². The summed E-state index contributed by atoms with van der Waals surface area (Å²) in [6, 6.07) is 12.4. The molecule has 1 saturated heterocycles. The molecule has 2 heterocycles. The van der Waals surface area contributed by atoms with E-state index < -0.39 is 10.0 Å². The topological polar surface area (TPSA) is 79.0 Å². The van der Waals surface area contributed by atoms with Crippen LogP contribution in [-0.2, 0) is 21.2 Å². The maximum absolute atomic E-state index is 12.8. The van der Waals surface area contributed by atoms with Gasteiger partial charge in [-0.25, -0.2) is 8.42 Å². The van der Waals surface area contributed by atoms with Gasteiger partial charge in [0, 0.05) is 37.6 Å². The highest BCUT2D eigenvalue weighted by molar-refractivity contribution is 7.89. The first kappa shape index (κ1) is 17.8. The molecule has 0 radical (unpaired) electrons. The van der Waals surface area contributed by atoms with Gasteiger partial charge in [0.25, 0.3) is 0 Å². The van der Waals surface area contributed by atoms with Gasteiger partial charge in [-0.1, -0.05) is 0 Å². The average molecular weight is 387 g/mol. The largest absolute Gasteiger partial charge is 0.497 e. The highest BCUT2D eigenvalue weighted by atomic mass is 32.2. The van der Waals surface area contributed by atoms with Crippen LogP contribution < -0.4 is 15.0 Å². The zero-order valence-corrected chi connectivity index (χ0v) is 15.8. The van der Waals surface area contributed by atoms with E-state index in [0.29, 0.717) is 38.3 Å². The van der Waals surface area contributed by atoms with E-state index in [-0.39, 0.29) is 10.8 Å². The van der Waals surface area contributed by atoms with Crippen LogP contribution >= 0.6 is 0 Å². The van der Waals surface area contributed by atoms with Crippen LogP contribution in [0.3, 0.4) is 0 Å². The molecule has 7 nitrogen and oxygen atoms in total. The van der Waals surface area contributed by atoms with Gasteiger partial charge in [0.1, 0.15) is 5.75 Å². The number of sulfonamides is 1. The van der Waals surface area contributed by atoms with Crippen molar-refractivity contribution in [1.82, 2.24) is 4.31 Å². The Morgan fingerprint density at radius 2 is 1.70 bits per heavy atom. The van der Waals surface area contributed by atoms with Gasteiger partial charge in [-0.05, 0) is 48.0 Å². The van der Waals surface area contributed by atoms with E-state index in [2.05, 4.69) is 10.2 Å². The lowest BCUT2D eigenvalue weighted by molar-refractivity contribution is -0.115. The third-order valence-corrected chi connectivity index (χ3v) is 6.93. The number of amides is 1. The highest BCUT2D eigenvalue weighted by Gasteiger charge is 2.29. The van der Waals surface area contributed by atoms with Crippen LogP contribution in [0.25, 0.3) is 0 Å². The number of nitrogens with zero attached hydrogens (tertiary/aromatic N) is 2. The van der Waals surface area contributed by atoms with E-state index in [0.717, 1.165) is 16.9 Å². The Labute approximate surface area is 158 Å². The van der Waals surface area contributed by atoms with Gasteiger partial charge in [-0.15, -0.1) is 0 Å². The Bertz CT molecular complexity index is 965. The number of anilines is 2. The summed E-state index contributed by atoms with van der Waals surface area (Å²) in [5.74, 6) is 0.640. The van der Waals surface area contributed by atoms with Gasteiger partial charge < -0.3 is 15.0 Å². The molecule has 0 bridgehead atoms. The summed E-state index contributed by atoms with van der Waals surface area (Å²) in [5, 5.41) is 2.83. The SMILES string of the molecule is COc1ccc(S(=O)(=O)N2CCN(c3ccc4c(c3)CC(=O)N4)CC2)cc1. The molecule has 4 rings (SSSR count). The van der Waals surface area contributed by atoms with Crippen molar-refractivity contribution in [1.29, 1.82) is 0 Å². The maximum Gasteiger partial charge on any atom is 0.243 e. The number of carbonyl (C=O) groups is 1. The summed E-state index contributed by atoms with van der Waals surface area (Å²) in [4.78, 5) is 13.9. The molecule has 2 aliphatic heterocycles. The number of fused-ring (bicyclic) bond motifs is 1. The lowest BCUT2D eigenvalue weighted by Crippen LogP contribution is -2.48. The molecule has 0 aliphatic carbocycles. The van der Waals surface area contributed by atoms with Crippen molar-refractivity contribution < 1.29 is 17.9 Å². The fraction of sp³-hybridized carbons (Fsp3) is 0.316. The predicted molar refractivity (Wildman–Crippen MR) is 103 cm³/mol. The minimum Gasteiger partial charge on any atom is -0.497 e. The molecule has 142 valence electrons. The molecule has 0 atom stereocenters. The normalized spacial score (nSPS) is 17.5. The number of ether oxygens (including phenoxy) is 1. The molecule has 0 spiro atoms. The summed E-state index contributed by atoms with van der Waals surface area (Å²) < 4.78 is 32.3. The monoisotopic (exact) mass is 387 g/mol. The molecular formula is C19H21N3O4S. The number of piperazine rings is 1. The smallest absolute Gasteiger partial charge is 0.243 e. The second-order valence-corrected chi connectivity index (χ2v) is 8.57. The van der Waals surface area contributed by atoms with Crippen molar-refractivity contribution in [3.05, 3.63) is 48.0 Å². The van der Waals surface area contributed by atoms with Gasteiger partial charge >= 0.3 is 0 Å². The fourth-order valence-electron chi connectivity index (χ4n) is 3.50. The zero-order chi connectivity index (χ0) is 19.0. The number of carbonyl (C=O) groups excluding carboxylic acids is 1. The quantitative estimate of drug-likeness (QED) is 0.864.